The van der Waals surface area contributed by atoms with Crippen molar-refractivity contribution in [3.8, 4) is 28.6 Å². The van der Waals surface area contributed by atoms with Crippen LogP contribution in [0.2, 0.25) is 0 Å². The van der Waals surface area contributed by atoms with Crippen molar-refractivity contribution in [1.82, 2.24) is 24.7 Å². The number of ether oxygens (including phenoxy) is 2. The van der Waals surface area contributed by atoms with Crippen molar-refractivity contribution < 1.29 is 18.3 Å². The maximum atomic E-state index is 13.3. The summed E-state index contributed by atoms with van der Waals surface area (Å²) in [7, 11) is 3.18. The van der Waals surface area contributed by atoms with E-state index >= 15 is 0 Å². The molecular formula is C26H26FN5O4. The van der Waals surface area contributed by atoms with Gasteiger partial charge in [0.25, 0.3) is 11.4 Å². The lowest BCUT2D eigenvalue weighted by Gasteiger charge is -2.24. The minimum Gasteiger partial charge on any atom is -0.494 e. The van der Waals surface area contributed by atoms with Gasteiger partial charge in [-0.25, -0.2) is 4.39 Å². The molecule has 10 heteroatoms. The normalized spacial score (nSPS) is 13.8. The third kappa shape index (κ3) is 4.34. The molecule has 0 aliphatic heterocycles. The Morgan fingerprint density at radius 3 is 2.44 bits per heavy atom. The van der Waals surface area contributed by atoms with Crippen molar-refractivity contribution in [2.24, 2.45) is 0 Å². The van der Waals surface area contributed by atoms with Crippen LogP contribution in [-0.4, -0.2) is 39.0 Å². The number of halogens is 1. The van der Waals surface area contributed by atoms with Gasteiger partial charge in [-0.3, -0.25) is 14.3 Å². The molecule has 186 valence electrons. The van der Waals surface area contributed by atoms with Gasteiger partial charge in [0.05, 0.1) is 26.8 Å². The van der Waals surface area contributed by atoms with Crippen molar-refractivity contribution >= 4 is 0 Å². The summed E-state index contributed by atoms with van der Waals surface area (Å²) < 4.78 is 32.3. The Morgan fingerprint density at radius 1 is 1.08 bits per heavy atom. The number of pyridine rings is 1. The van der Waals surface area contributed by atoms with Crippen molar-refractivity contribution in [2.45, 2.75) is 44.9 Å². The number of hydrogen-bond acceptors (Lipinski definition) is 8. The van der Waals surface area contributed by atoms with Gasteiger partial charge in [-0.05, 0) is 44.0 Å². The SMILES string of the molecule is COc1cccc(OC)c1-n1c(C2CCCC2)nc(=O)c(-c2nnc(Cc3ccc(F)cn3)o2)c1C. The van der Waals surface area contributed by atoms with Gasteiger partial charge in [0, 0.05) is 17.3 Å². The Hall–Kier alpha value is -4.08. The highest BCUT2D eigenvalue weighted by atomic mass is 19.1. The molecule has 1 fully saturated rings. The second-order valence-electron chi connectivity index (χ2n) is 8.71. The number of hydrogen-bond donors (Lipinski definition) is 0. The van der Waals surface area contributed by atoms with Crippen LogP contribution in [0.15, 0.2) is 45.7 Å². The Balaban J connectivity index is 1.66. The van der Waals surface area contributed by atoms with E-state index in [2.05, 4.69) is 20.2 Å². The second-order valence-corrected chi connectivity index (χ2v) is 8.71. The minimum atomic E-state index is -0.436. The van der Waals surface area contributed by atoms with E-state index < -0.39 is 11.4 Å². The Labute approximate surface area is 207 Å². The fraction of sp³-hybridized carbons (Fsp3) is 0.346. The van der Waals surface area contributed by atoms with E-state index in [1.54, 1.807) is 20.3 Å². The highest BCUT2D eigenvalue weighted by Crippen LogP contribution is 2.40. The molecule has 0 unspecified atom stereocenters. The summed E-state index contributed by atoms with van der Waals surface area (Å²) >= 11 is 0. The first-order chi connectivity index (χ1) is 17.5. The maximum Gasteiger partial charge on any atom is 0.286 e. The van der Waals surface area contributed by atoms with Crippen LogP contribution in [0.4, 0.5) is 4.39 Å². The summed E-state index contributed by atoms with van der Waals surface area (Å²) in [5.41, 5.74) is 1.58. The molecule has 3 heterocycles. The smallest absolute Gasteiger partial charge is 0.286 e. The van der Waals surface area contributed by atoms with Crippen LogP contribution in [0.5, 0.6) is 11.5 Å². The van der Waals surface area contributed by atoms with Crippen molar-refractivity contribution in [3.05, 3.63) is 75.8 Å². The van der Waals surface area contributed by atoms with Gasteiger partial charge in [-0.2, -0.15) is 4.98 Å². The lowest BCUT2D eigenvalue weighted by Crippen LogP contribution is -2.24. The van der Waals surface area contributed by atoms with E-state index in [0.717, 1.165) is 31.9 Å². The quantitative estimate of drug-likeness (QED) is 0.375. The molecule has 5 rings (SSSR count). The third-order valence-corrected chi connectivity index (χ3v) is 6.50. The lowest BCUT2D eigenvalue weighted by molar-refractivity contribution is 0.389. The van der Waals surface area contributed by atoms with Gasteiger partial charge in [0.1, 0.15) is 34.4 Å². The first kappa shape index (κ1) is 23.7. The lowest BCUT2D eigenvalue weighted by atomic mass is 10.0. The van der Waals surface area contributed by atoms with Gasteiger partial charge < -0.3 is 13.9 Å². The number of methoxy groups -OCH3 is 2. The molecular weight excluding hydrogens is 465 g/mol. The van der Waals surface area contributed by atoms with E-state index in [4.69, 9.17) is 13.9 Å². The molecule has 0 radical (unpaired) electrons. The molecule has 9 nitrogen and oxygen atoms in total. The van der Waals surface area contributed by atoms with Crippen LogP contribution in [0.3, 0.4) is 0 Å². The standard InChI is InChI=1S/C26H26FN5O4/c1-15-22(26-31-30-21(36-26)13-18-12-11-17(27)14-28-18)25(33)29-24(16-7-4-5-8-16)32(15)23-19(34-2)9-6-10-20(23)35-3/h6,9-12,14,16H,4-5,7-8,13H2,1-3H3. The van der Waals surface area contributed by atoms with Gasteiger partial charge in [0.2, 0.25) is 5.89 Å². The molecule has 36 heavy (non-hydrogen) atoms. The topological polar surface area (TPSA) is 105 Å². The average Bonchev–Trinajstić information content (AvgIpc) is 3.58. The zero-order valence-electron chi connectivity index (χ0n) is 20.3. The van der Waals surface area contributed by atoms with Gasteiger partial charge in [-0.15, -0.1) is 10.2 Å². The summed E-state index contributed by atoms with van der Waals surface area (Å²) in [5.74, 6) is 1.84. The molecule has 0 saturated heterocycles. The van der Waals surface area contributed by atoms with Crippen LogP contribution in [-0.2, 0) is 6.42 Å². The van der Waals surface area contributed by atoms with Crippen LogP contribution in [0.25, 0.3) is 17.1 Å². The largest absolute Gasteiger partial charge is 0.494 e. The molecule has 3 aromatic heterocycles. The first-order valence-corrected chi connectivity index (χ1v) is 11.8. The number of nitrogens with zero attached hydrogens (tertiary/aromatic N) is 5. The van der Waals surface area contributed by atoms with E-state index in [1.165, 1.54) is 6.07 Å². The second kappa shape index (κ2) is 9.88. The monoisotopic (exact) mass is 491 g/mol. The maximum absolute atomic E-state index is 13.3. The molecule has 0 bridgehead atoms. The molecule has 1 aliphatic rings. The molecule has 1 aliphatic carbocycles. The highest BCUT2D eigenvalue weighted by molar-refractivity contribution is 5.63. The van der Waals surface area contributed by atoms with Gasteiger partial charge in [-0.1, -0.05) is 18.9 Å². The van der Waals surface area contributed by atoms with E-state index in [-0.39, 0.29) is 29.7 Å². The number of benzene rings is 1. The summed E-state index contributed by atoms with van der Waals surface area (Å²) in [6.45, 7) is 1.83. The molecule has 1 aromatic carbocycles. The van der Waals surface area contributed by atoms with E-state index in [1.807, 2.05) is 29.7 Å². The zero-order valence-corrected chi connectivity index (χ0v) is 20.3. The summed E-state index contributed by atoms with van der Waals surface area (Å²) in [4.78, 5) is 21.9. The van der Waals surface area contributed by atoms with Crippen LogP contribution in [0.1, 0.15) is 54.7 Å². The molecule has 0 atom stereocenters. The summed E-state index contributed by atoms with van der Waals surface area (Å²) in [5, 5.41) is 8.22. The molecule has 0 amide bonds. The fourth-order valence-corrected chi connectivity index (χ4v) is 4.78. The Morgan fingerprint density at radius 2 is 1.81 bits per heavy atom. The molecule has 4 aromatic rings. The number of aromatic nitrogens is 5. The van der Waals surface area contributed by atoms with E-state index in [9.17, 15) is 9.18 Å². The summed E-state index contributed by atoms with van der Waals surface area (Å²) in [6, 6.07) is 8.39. The van der Waals surface area contributed by atoms with E-state index in [0.29, 0.717) is 34.4 Å². The van der Waals surface area contributed by atoms with Gasteiger partial charge >= 0.3 is 0 Å². The van der Waals surface area contributed by atoms with Crippen LogP contribution >= 0.6 is 0 Å². The predicted molar refractivity (Wildman–Crippen MR) is 129 cm³/mol. The van der Waals surface area contributed by atoms with Crippen molar-refractivity contribution in [2.75, 3.05) is 14.2 Å². The average molecular weight is 492 g/mol. The molecule has 0 N–H and O–H groups in total. The predicted octanol–water partition coefficient (Wildman–Crippen LogP) is 4.39. The number of rotatable bonds is 7. The van der Waals surface area contributed by atoms with Crippen LogP contribution in [0, 0.1) is 12.7 Å². The Kier molecular flexibility index (Phi) is 6.49. The number of para-hydroxylation sites is 1. The molecule has 1 saturated carbocycles. The third-order valence-electron chi connectivity index (χ3n) is 6.50. The Bertz CT molecular complexity index is 1420. The fourth-order valence-electron chi connectivity index (χ4n) is 4.78. The van der Waals surface area contributed by atoms with Crippen molar-refractivity contribution in [1.29, 1.82) is 0 Å². The zero-order chi connectivity index (χ0) is 25.2. The highest BCUT2D eigenvalue weighted by Gasteiger charge is 2.29. The van der Waals surface area contributed by atoms with Crippen LogP contribution < -0.4 is 15.0 Å². The summed E-state index contributed by atoms with van der Waals surface area (Å²) in [6.07, 6.45) is 5.37. The van der Waals surface area contributed by atoms with Gasteiger partial charge in [0.15, 0.2) is 0 Å². The molecule has 0 spiro atoms. The van der Waals surface area contributed by atoms with Crippen molar-refractivity contribution in [3.63, 3.8) is 0 Å². The first-order valence-electron chi connectivity index (χ1n) is 11.8. The minimum absolute atomic E-state index is 0.0581.